The van der Waals surface area contributed by atoms with Crippen LogP contribution in [0.2, 0.25) is 0 Å². The van der Waals surface area contributed by atoms with Crippen LogP contribution in [-0.2, 0) is 0 Å². The molecule has 1 aromatic rings. The predicted molar refractivity (Wildman–Crippen MR) is 62.0 cm³/mol. The van der Waals surface area contributed by atoms with E-state index in [1.807, 2.05) is 24.3 Å². The van der Waals surface area contributed by atoms with E-state index in [-0.39, 0.29) is 0 Å². The Morgan fingerprint density at radius 1 is 1.47 bits per heavy atom. The van der Waals surface area contributed by atoms with Crippen molar-refractivity contribution in [2.24, 2.45) is 5.11 Å². The molecule has 0 aromatic heterocycles. The fourth-order valence-electron chi connectivity index (χ4n) is 1.10. The van der Waals surface area contributed by atoms with Gasteiger partial charge >= 0.3 is 0 Å². The average Bonchev–Trinajstić information content (AvgIpc) is 2.29. The fourth-order valence-corrected chi connectivity index (χ4v) is 1.10. The number of hydrogen-bond donors (Lipinski definition) is 0. The molecule has 0 heterocycles. The number of hydrogen-bond acceptors (Lipinski definition) is 1. The maximum Gasteiger partial charge on any atom is 0.0367 e. The Hall–Kier alpha value is -2.17. The van der Waals surface area contributed by atoms with Gasteiger partial charge in [-0.15, -0.1) is 0 Å². The summed E-state index contributed by atoms with van der Waals surface area (Å²) in [7, 11) is 0. The quantitative estimate of drug-likeness (QED) is 0.234. The second-order valence-corrected chi connectivity index (χ2v) is 2.80. The van der Waals surface area contributed by atoms with Gasteiger partial charge < -0.3 is 0 Å². The van der Waals surface area contributed by atoms with Crippen molar-refractivity contribution in [1.29, 1.82) is 0 Å². The van der Waals surface area contributed by atoms with Crippen LogP contribution in [0.4, 0.5) is 0 Å². The minimum atomic E-state index is 0.416. The molecule has 0 fully saturated rings. The molecule has 0 bridgehead atoms. The number of benzene rings is 1. The third kappa shape index (κ3) is 3.60. The monoisotopic (exact) mass is 197 g/mol. The molecule has 0 spiro atoms. The molecule has 3 heteroatoms. The Morgan fingerprint density at radius 3 is 3.00 bits per heavy atom. The molecule has 0 radical (unpaired) electrons. The lowest BCUT2D eigenvalue weighted by atomic mass is 10.1. The zero-order valence-electron chi connectivity index (χ0n) is 8.35. The first kappa shape index (κ1) is 10.9. The van der Waals surface area contributed by atoms with E-state index in [0.717, 1.165) is 11.1 Å². The first-order valence-corrected chi connectivity index (χ1v) is 4.59. The first-order chi connectivity index (χ1) is 7.38. The smallest absolute Gasteiger partial charge is 0.0367 e. The van der Waals surface area contributed by atoms with Crippen LogP contribution >= 0.6 is 0 Å². The van der Waals surface area contributed by atoms with Crippen LogP contribution in [0.1, 0.15) is 17.5 Å². The van der Waals surface area contributed by atoms with E-state index in [0.29, 0.717) is 13.0 Å². The maximum atomic E-state index is 8.06. The van der Waals surface area contributed by atoms with Crippen LogP contribution < -0.4 is 0 Å². The van der Waals surface area contributed by atoms with Gasteiger partial charge in [-0.3, -0.25) is 0 Å². The number of azide groups is 1. The second-order valence-electron chi connectivity index (χ2n) is 2.80. The van der Waals surface area contributed by atoms with E-state index in [9.17, 15) is 0 Å². The van der Waals surface area contributed by atoms with Gasteiger partial charge in [0.2, 0.25) is 0 Å². The average molecular weight is 197 g/mol. The van der Waals surface area contributed by atoms with Crippen LogP contribution in [0.25, 0.3) is 16.5 Å². The topological polar surface area (TPSA) is 48.8 Å². The molecule has 15 heavy (non-hydrogen) atoms. The Morgan fingerprint density at radius 2 is 2.27 bits per heavy atom. The van der Waals surface area contributed by atoms with Gasteiger partial charge in [0.05, 0.1) is 0 Å². The lowest BCUT2D eigenvalue weighted by Crippen LogP contribution is -1.80. The first-order valence-electron chi connectivity index (χ1n) is 4.59. The highest BCUT2D eigenvalue weighted by Gasteiger charge is 1.91. The van der Waals surface area contributed by atoms with Crippen molar-refractivity contribution >= 4 is 6.08 Å². The summed E-state index contributed by atoms with van der Waals surface area (Å²) in [5.74, 6) is 5.97. The SMILES string of the molecule is C=Cc1ccccc1C#CCCN=[N+]=[N-]. The summed E-state index contributed by atoms with van der Waals surface area (Å²) >= 11 is 0. The molecule has 3 nitrogen and oxygen atoms in total. The molecular formula is C12H11N3. The van der Waals surface area contributed by atoms with Gasteiger partial charge in [0, 0.05) is 23.4 Å². The van der Waals surface area contributed by atoms with Crippen LogP contribution in [0.3, 0.4) is 0 Å². The van der Waals surface area contributed by atoms with Gasteiger partial charge in [0.25, 0.3) is 0 Å². The predicted octanol–water partition coefficient (Wildman–Crippen LogP) is 3.38. The van der Waals surface area contributed by atoms with Gasteiger partial charge in [-0.2, -0.15) is 0 Å². The lowest BCUT2D eigenvalue weighted by molar-refractivity contribution is 1.01. The Labute approximate surface area is 89.1 Å². The van der Waals surface area contributed by atoms with E-state index in [1.54, 1.807) is 6.08 Å². The number of rotatable bonds is 3. The summed E-state index contributed by atoms with van der Waals surface area (Å²) in [6.07, 6.45) is 2.35. The molecule has 0 unspecified atom stereocenters. The lowest BCUT2D eigenvalue weighted by Gasteiger charge is -1.95. The van der Waals surface area contributed by atoms with Gasteiger partial charge in [0.1, 0.15) is 0 Å². The molecule has 0 aliphatic carbocycles. The van der Waals surface area contributed by atoms with Crippen molar-refractivity contribution in [2.75, 3.05) is 6.54 Å². The van der Waals surface area contributed by atoms with Crippen LogP contribution in [0.5, 0.6) is 0 Å². The molecule has 0 saturated carbocycles. The summed E-state index contributed by atoms with van der Waals surface area (Å²) in [4.78, 5) is 2.66. The molecule has 0 atom stereocenters. The molecule has 0 N–H and O–H groups in total. The minimum Gasteiger partial charge on any atom is -0.0984 e. The molecule has 0 saturated heterocycles. The highest BCUT2D eigenvalue weighted by molar-refractivity contribution is 5.57. The highest BCUT2D eigenvalue weighted by Crippen LogP contribution is 2.07. The van der Waals surface area contributed by atoms with Crippen LogP contribution in [-0.4, -0.2) is 6.54 Å². The summed E-state index contributed by atoms with van der Waals surface area (Å²) in [5.41, 5.74) is 10.0. The van der Waals surface area contributed by atoms with Crippen molar-refractivity contribution in [2.45, 2.75) is 6.42 Å². The summed E-state index contributed by atoms with van der Waals surface area (Å²) < 4.78 is 0. The van der Waals surface area contributed by atoms with Crippen molar-refractivity contribution in [3.05, 3.63) is 52.4 Å². The standard InChI is InChI=1S/C12H11N3/c1-2-11-7-3-4-8-12(11)9-5-6-10-14-15-13/h2-4,7-8H,1,6,10H2. The third-order valence-electron chi connectivity index (χ3n) is 1.80. The molecule has 1 aromatic carbocycles. The maximum absolute atomic E-state index is 8.06. The van der Waals surface area contributed by atoms with Gasteiger partial charge in [0.15, 0.2) is 0 Å². The van der Waals surface area contributed by atoms with Crippen molar-refractivity contribution < 1.29 is 0 Å². The van der Waals surface area contributed by atoms with E-state index in [1.165, 1.54) is 0 Å². The van der Waals surface area contributed by atoms with Gasteiger partial charge in [-0.05, 0) is 17.2 Å². The molecule has 74 valence electrons. The van der Waals surface area contributed by atoms with E-state index >= 15 is 0 Å². The van der Waals surface area contributed by atoms with Crippen LogP contribution in [0.15, 0.2) is 36.0 Å². The highest BCUT2D eigenvalue weighted by atomic mass is 15.1. The molecule has 0 aliphatic heterocycles. The summed E-state index contributed by atoms with van der Waals surface area (Å²) in [6.45, 7) is 4.13. The normalized spacial score (nSPS) is 8.27. The van der Waals surface area contributed by atoms with Crippen molar-refractivity contribution in [3.63, 3.8) is 0 Å². The van der Waals surface area contributed by atoms with Gasteiger partial charge in [-0.25, -0.2) is 0 Å². The zero-order valence-corrected chi connectivity index (χ0v) is 8.35. The number of nitrogens with zero attached hydrogens (tertiary/aromatic N) is 3. The largest absolute Gasteiger partial charge is 0.0984 e. The Kier molecular flexibility index (Phi) is 4.59. The second kappa shape index (κ2) is 6.31. The Balaban J connectivity index is 2.70. The van der Waals surface area contributed by atoms with E-state index in [2.05, 4.69) is 28.4 Å². The zero-order chi connectivity index (χ0) is 10.9. The third-order valence-corrected chi connectivity index (χ3v) is 1.80. The summed E-state index contributed by atoms with van der Waals surface area (Å²) in [5, 5.41) is 3.40. The molecule has 0 amide bonds. The molecule has 0 aliphatic rings. The van der Waals surface area contributed by atoms with Crippen molar-refractivity contribution in [1.82, 2.24) is 0 Å². The van der Waals surface area contributed by atoms with E-state index < -0.39 is 0 Å². The minimum absolute atomic E-state index is 0.416. The van der Waals surface area contributed by atoms with E-state index in [4.69, 9.17) is 5.53 Å². The molecule has 1 rings (SSSR count). The van der Waals surface area contributed by atoms with Crippen LogP contribution in [0, 0.1) is 11.8 Å². The molecular weight excluding hydrogens is 186 g/mol. The van der Waals surface area contributed by atoms with Crippen molar-refractivity contribution in [3.8, 4) is 11.8 Å². The van der Waals surface area contributed by atoms with Gasteiger partial charge in [-0.1, -0.05) is 47.8 Å². The summed E-state index contributed by atoms with van der Waals surface area (Å²) in [6, 6.07) is 7.79. The fraction of sp³-hybridized carbons (Fsp3) is 0.167. The Bertz CT molecular complexity index is 445.